The second-order valence-corrected chi connectivity index (χ2v) is 8.63. The Kier molecular flexibility index (Phi) is 4.81. The highest BCUT2D eigenvalue weighted by Gasteiger charge is 2.13. The fourth-order valence-corrected chi connectivity index (χ4v) is 3.13. The normalized spacial score (nSPS) is 12.0. The molecule has 130 valence electrons. The smallest absolute Gasteiger partial charge is 0.229 e. The van der Waals surface area contributed by atoms with Crippen LogP contribution in [0.3, 0.4) is 0 Å². The highest BCUT2D eigenvalue weighted by Crippen LogP contribution is 2.29. The van der Waals surface area contributed by atoms with Gasteiger partial charge in [-0.3, -0.25) is 9.44 Å². The molecule has 0 saturated carbocycles. The van der Waals surface area contributed by atoms with E-state index >= 15 is 0 Å². The molecule has 0 heterocycles. The Morgan fingerprint density at radius 2 is 1.04 bits per heavy atom. The van der Waals surface area contributed by atoms with Crippen LogP contribution in [0.4, 0.5) is 20.2 Å². The zero-order valence-corrected chi connectivity index (χ0v) is 14.3. The van der Waals surface area contributed by atoms with Gasteiger partial charge in [-0.25, -0.2) is 25.6 Å². The molecule has 0 bridgehead atoms. The third-order valence-electron chi connectivity index (χ3n) is 2.83. The van der Waals surface area contributed by atoms with E-state index in [2.05, 4.69) is 9.44 Å². The summed E-state index contributed by atoms with van der Waals surface area (Å²) < 4.78 is 77.0. The molecule has 0 amide bonds. The molecule has 0 spiro atoms. The zero-order chi connectivity index (χ0) is 18.1. The average Bonchev–Trinajstić information content (AvgIpc) is 2.36. The predicted molar refractivity (Wildman–Crippen MR) is 88.7 cm³/mol. The van der Waals surface area contributed by atoms with Crippen molar-refractivity contribution in [1.29, 1.82) is 0 Å². The van der Waals surface area contributed by atoms with Crippen LogP contribution in [0.25, 0.3) is 11.1 Å². The molecule has 0 atom stereocenters. The van der Waals surface area contributed by atoms with Crippen LogP contribution >= 0.6 is 0 Å². The zero-order valence-electron chi connectivity index (χ0n) is 12.7. The Morgan fingerprint density at radius 1 is 0.708 bits per heavy atom. The first-order chi connectivity index (χ1) is 10.9. The molecule has 0 fully saturated rings. The monoisotopic (exact) mass is 376 g/mol. The van der Waals surface area contributed by atoms with Crippen LogP contribution < -0.4 is 9.44 Å². The van der Waals surface area contributed by atoms with Crippen LogP contribution in [0.1, 0.15) is 0 Å². The average molecular weight is 376 g/mol. The summed E-state index contributed by atoms with van der Waals surface area (Å²) in [5.41, 5.74) is -0.154. The summed E-state index contributed by atoms with van der Waals surface area (Å²) in [6.07, 6.45) is 1.85. The maximum atomic E-state index is 14.1. The van der Waals surface area contributed by atoms with Gasteiger partial charge in [0.2, 0.25) is 20.0 Å². The van der Waals surface area contributed by atoms with Gasteiger partial charge in [0.05, 0.1) is 23.9 Å². The molecular formula is C14H14F2N2O4S2. The summed E-state index contributed by atoms with van der Waals surface area (Å²) in [5, 5.41) is 0. The van der Waals surface area contributed by atoms with Crippen molar-refractivity contribution in [3.63, 3.8) is 0 Å². The number of nitrogens with one attached hydrogen (secondary N) is 2. The highest BCUT2D eigenvalue weighted by molar-refractivity contribution is 7.92. The topological polar surface area (TPSA) is 92.3 Å². The lowest BCUT2D eigenvalue weighted by Gasteiger charge is -2.10. The van der Waals surface area contributed by atoms with Gasteiger partial charge in [0.15, 0.2) is 0 Å². The minimum Gasteiger partial charge on any atom is -0.284 e. The van der Waals surface area contributed by atoms with E-state index in [1.807, 2.05) is 0 Å². The lowest BCUT2D eigenvalue weighted by molar-refractivity contribution is 0.604. The Labute approximate surface area is 138 Å². The predicted octanol–water partition coefficient (Wildman–Crippen LogP) is 2.37. The third-order valence-corrected chi connectivity index (χ3v) is 4.05. The van der Waals surface area contributed by atoms with Crippen molar-refractivity contribution in [1.82, 2.24) is 0 Å². The maximum absolute atomic E-state index is 14.1. The van der Waals surface area contributed by atoms with Crippen LogP contribution in [-0.4, -0.2) is 29.3 Å². The van der Waals surface area contributed by atoms with Gasteiger partial charge in [-0.2, -0.15) is 0 Å². The second kappa shape index (κ2) is 6.36. The van der Waals surface area contributed by atoms with Crippen molar-refractivity contribution in [3.8, 4) is 11.1 Å². The molecule has 24 heavy (non-hydrogen) atoms. The lowest BCUT2D eigenvalue weighted by atomic mass is 10.0. The Morgan fingerprint density at radius 3 is 1.29 bits per heavy atom. The van der Waals surface area contributed by atoms with Crippen molar-refractivity contribution >= 4 is 31.4 Å². The number of hydrogen-bond donors (Lipinski definition) is 2. The largest absolute Gasteiger partial charge is 0.284 e. The van der Waals surface area contributed by atoms with E-state index in [1.54, 1.807) is 0 Å². The third kappa shape index (κ3) is 4.90. The van der Waals surface area contributed by atoms with Gasteiger partial charge in [-0.1, -0.05) is 0 Å². The number of hydrogen-bond acceptors (Lipinski definition) is 4. The van der Waals surface area contributed by atoms with Gasteiger partial charge >= 0.3 is 0 Å². The molecule has 0 saturated heterocycles. The van der Waals surface area contributed by atoms with Crippen LogP contribution in [0.15, 0.2) is 36.4 Å². The second-order valence-electron chi connectivity index (χ2n) is 5.14. The van der Waals surface area contributed by atoms with E-state index in [1.165, 1.54) is 24.3 Å². The van der Waals surface area contributed by atoms with Gasteiger partial charge < -0.3 is 0 Å². The molecule has 0 radical (unpaired) electrons. The lowest BCUT2D eigenvalue weighted by Crippen LogP contribution is -2.10. The van der Waals surface area contributed by atoms with E-state index in [0.29, 0.717) is 0 Å². The SMILES string of the molecule is CS(=O)(=O)Nc1ccc(-c2ccc(NS(C)(=O)=O)cc2F)c(F)c1. The molecule has 6 nitrogen and oxygen atoms in total. The molecule has 2 rings (SSSR count). The summed E-state index contributed by atoms with van der Waals surface area (Å²) in [4.78, 5) is 0. The van der Waals surface area contributed by atoms with E-state index in [9.17, 15) is 25.6 Å². The Balaban J connectivity index is 2.38. The van der Waals surface area contributed by atoms with E-state index in [4.69, 9.17) is 0 Å². The van der Waals surface area contributed by atoms with Crippen molar-refractivity contribution in [3.05, 3.63) is 48.0 Å². The van der Waals surface area contributed by atoms with Gasteiger partial charge in [-0.05, 0) is 36.4 Å². The summed E-state index contributed by atoms with van der Waals surface area (Å²) in [6.45, 7) is 0. The first-order valence-corrected chi connectivity index (χ1v) is 10.3. The van der Waals surface area contributed by atoms with E-state index in [0.717, 1.165) is 24.6 Å². The van der Waals surface area contributed by atoms with Gasteiger partial charge in [0.25, 0.3) is 0 Å². The highest BCUT2D eigenvalue weighted by atomic mass is 32.2. The standard InChI is InChI=1S/C14H14F2N2O4S2/c1-23(19,20)17-9-3-5-11(13(15)7-9)12-6-4-10(8-14(12)16)18-24(2,21)22/h3-8,17-18H,1-2H3. The van der Waals surface area contributed by atoms with Gasteiger partial charge in [0, 0.05) is 11.1 Å². The minimum absolute atomic E-state index is 0.00882. The number of sulfonamides is 2. The van der Waals surface area contributed by atoms with Crippen molar-refractivity contribution in [2.45, 2.75) is 0 Å². The molecule has 2 aromatic carbocycles. The summed E-state index contributed by atoms with van der Waals surface area (Å²) in [5.74, 6) is -1.65. The molecule has 0 aromatic heterocycles. The Hall–Kier alpha value is -2.20. The summed E-state index contributed by atoms with van der Waals surface area (Å²) in [7, 11) is -7.12. The fourth-order valence-electron chi connectivity index (χ4n) is 2.02. The maximum Gasteiger partial charge on any atom is 0.229 e. The van der Waals surface area contributed by atoms with E-state index in [-0.39, 0.29) is 22.5 Å². The number of halogens is 2. The molecule has 0 aliphatic heterocycles. The first-order valence-electron chi connectivity index (χ1n) is 6.50. The Bertz CT molecular complexity index is 908. The first kappa shape index (κ1) is 18.1. The molecular weight excluding hydrogens is 362 g/mol. The molecule has 0 unspecified atom stereocenters. The molecule has 0 aliphatic rings. The molecule has 2 N–H and O–H groups in total. The number of benzene rings is 2. The van der Waals surface area contributed by atoms with Crippen LogP contribution in [0.2, 0.25) is 0 Å². The van der Waals surface area contributed by atoms with Crippen molar-refractivity contribution < 1.29 is 25.6 Å². The fraction of sp³-hybridized carbons (Fsp3) is 0.143. The minimum atomic E-state index is -3.56. The summed E-state index contributed by atoms with van der Waals surface area (Å²) in [6, 6.07) is 6.90. The summed E-state index contributed by atoms with van der Waals surface area (Å²) >= 11 is 0. The van der Waals surface area contributed by atoms with Gasteiger partial charge in [0.1, 0.15) is 11.6 Å². The van der Waals surface area contributed by atoms with Crippen LogP contribution in [0, 0.1) is 11.6 Å². The van der Waals surface area contributed by atoms with E-state index < -0.39 is 31.7 Å². The van der Waals surface area contributed by atoms with Crippen molar-refractivity contribution in [2.75, 3.05) is 22.0 Å². The number of rotatable bonds is 5. The van der Waals surface area contributed by atoms with Crippen LogP contribution in [0.5, 0.6) is 0 Å². The quantitative estimate of drug-likeness (QED) is 0.838. The molecule has 0 aliphatic carbocycles. The number of anilines is 2. The molecule has 10 heteroatoms. The van der Waals surface area contributed by atoms with Crippen LogP contribution in [-0.2, 0) is 20.0 Å². The van der Waals surface area contributed by atoms with Crippen molar-refractivity contribution in [2.24, 2.45) is 0 Å². The van der Waals surface area contributed by atoms with Gasteiger partial charge in [-0.15, -0.1) is 0 Å². The molecule has 2 aromatic rings.